The molecule has 45 heavy (non-hydrogen) atoms. The van der Waals surface area contributed by atoms with Crippen LogP contribution in [0.5, 0.6) is 11.5 Å². The van der Waals surface area contributed by atoms with Crippen LogP contribution in [-0.4, -0.2) is 43.9 Å². The summed E-state index contributed by atoms with van der Waals surface area (Å²) in [5, 5.41) is 19.7. The number of alkyl halides is 7. The Morgan fingerprint density at radius 1 is 0.733 bits per heavy atom. The number of phenolic OH excluding ortho intramolecular Hbond substituents is 2. The molecule has 3 unspecified atom stereocenters. The van der Waals surface area contributed by atoms with E-state index in [0.717, 1.165) is 49.7 Å². The Labute approximate surface area is 261 Å². The molecule has 0 saturated heterocycles. The zero-order chi connectivity index (χ0) is 32.8. The molecule has 0 radical (unpaired) electrons. The predicted octanol–water partition coefficient (Wildman–Crippen LogP) is 9.23. The van der Waals surface area contributed by atoms with Crippen molar-refractivity contribution in [2.75, 3.05) is 11.5 Å². The summed E-state index contributed by atoms with van der Waals surface area (Å²) in [5.74, 6) is -10.6. The smallest absolute Gasteiger partial charge is 0.459 e. The van der Waals surface area contributed by atoms with Gasteiger partial charge in [-0.15, -0.1) is 0 Å². The number of unbranched alkanes of at least 4 members (excludes halogenated alkanes) is 1. The highest BCUT2D eigenvalue weighted by molar-refractivity contribution is 7.84. The minimum absolute atomic E-state index is 0.0867. The molecule has 0 bridgehead atoms. The van der Waals surface area contributed by atoms with Crippen LogP contribution in [-0.2, 0) is 30.1 Å². The minimum Gasteiger partial charge on any atom is -0.508 e. The van der Waals surface area contributed by atoms with Crippen LogP contribution in [0.1, 0.15) is 78.2 Å². The van der Waals surface area contributed by atoms with Crippen molar-refractivity contribution in [1.82, 2.24) is 0 Å². The van der Waals surface area contributed by atoms with Crippen molar-refractivity contribution < 1.29 is 45.2 Å². The number of phenols is 2. The van der Waals surface area contributed by atoms with Crippen LogP contribution in [0.4, 0.5) is 30.7 Å². The molecule has 0 spiro atoms. The maximum Gasteiger partial charge on any atom is 0.459 e. The molecule has 0 fully saturated rings. The van der Waals surface area contributed by atoms with Crippen molar-refractivity contribution in [2.24, 2.45) is 0 Å². The molecule has 246 valence electrons. The van der Waals surface area contributed by atoms with Crippen molar-refractivity contribution in [3.63, 3.8) is 0 Å². The van der Waals surface area contributed by atoms with Gasteiger partial charge in [0.25, 0.3) is 0 Å². The minimum atomic E-state index is -6.35. The molecule has 3 aromatic rings. The fraction of sp³-hybridized carbons (Fsp3) is 0.471. The molecule has 4 rings (SSSR count). The molecule has 0 heterocycles. The quantitative estimate of drug-likeness (QED) is 0.134. The van der Waals surface area contributed by atoms with Crippen LogP contribution in [0.2, 0.25) is 0 Å². The number of aryl methyl sites for hydroxylation is 3. The van der Waals surface area contributed by atoms with Gasteiger partial charge in [-0.3, -0.25) is 4.21 Å². The van der Waals surface area contributed by atoms with E-state index in [4.69, 9.17) is 0 Å². The highest BCUT2D eigenvalue weighted by Crippen LogP contribution is 2.49. The first kappa shape index (κ1) is 34.8. The molecule has 0 aromatic heterocycles. The Morgan fingerprint density at radius 3 is 2.00 bits per heavy atom. The van der Waals surface area contributed by atoms with Gasteiger partial charge in [0.2, 0.25) is 0 Å². The van der Waals surface area contributed by atoms with E-state index in [1.807, 2.05) is 48.5 Å². The molecule has 3 aromatic carbocycles. The summed E-state index contributed by atoms with van der Waals surface area (Å²) in [6.45, 7) is 0. The number of benzene rings is 3. The predicted molar refractivity (Wildman–Crippen MR) is 161 cm³/mol. The van der Waals surface area contributed by atoms with E-state index in [1.54, 1.807) is 18.2 Å². The van der Waals surface area contributed by atoms with E-state index < -0.39 is 41.7 Å². The van der Waals surface area contributed by atoms with Crippen molar-refractivity contribution in [2.45, 2.75) is 87.6 Å². The molecular weight excluding hydrogens is 621 g/mol. The second-order valence-electron chi connectivity index (χ2n) is 11.8. The van der Waals surface area contributed by atoms with Gasteiger partial charge in [0, 0.05) is 28.7 Å². The van der Waals surface area contributed by atoms with Crippen LogP contribution in [0, 0.1) is 0 Å². The molecule has 3 atom stereocenters. The van der Waals surface area contributed by atoms with Gasteiger partial charge in [-0.2, -0.15) is 30.7 Å². The molecule has 3 nitrogen and oxygen atoms in total. The monoisotopic (exact) mass is 658 g/mol. The molecular formula is C34H37F7O3S. The highest BCUT2D eigenvalue weighted by Gasteiger charge is 2.72. The fourth-order valence-electron chi connectivity index (χ4n) is 6.10. The second kappa shape index (κ2) is 14.6. The topological polar surface area (TPSA) is 57.5 Å². The fourth-order valence-corrected chi connectivity index (χ4v) is 7.23. The molecule has 11 heteroatoms. The molecule has 2 N–H and O–H groups in total. The lowest BCUT2D eigenvalue weighted by atomic mass is 9.70. The van der Waals surface area contributed by atoms with Crippen LogP contribution < -0.4 is 0 Å². The molecule has 1 aliphatic carbocycles. The normalized spacial score (nSPS) is 18.0. The van der Waals surface area contributed by atoms with Gasteiger partial charge in [-0.05, 0) is 109 Å². The first-order chi connectivity index (χ1) is 21.2. The SMILES string of the molecule is O=S(CCCC(F)(F)C(F)(F)C(F)(F)F)CCc1ccc(CCCCC2c3ccc(O)cc3CCC2c2ccc(O)cc2)cc1. The number of aromatic hydroxyl groups is 2. The average Bonchev–Trinajstić information content (AvgIpc) is 2.98. The number of hydrogen-bond donors (Lipinski definition) is 2. The van der Waals surface area contributed by atoms with Crippen molar-refractivity contribution in [1.29, 1.82) is 0 Å². The average molecular weight is 659 g/mol. The highest BCUT2D eigenvalue weighted by atomic mass is 32.2. The third kappa shape index (κ3) is 8.80. The number of hydrogen-bond acceptors (Lipinski definition) is 3. The van der Waals surface area contributed by atoms with Crippen LogP contribution >= 0.6 is 0 Å². The summed E-state index contributed by atoms with van der Waals surface area (Å²) in [5.41, 5.74) is 5.60. The molecule has 0 aliphatic heterocycles. The summed E-state index contributed by atoms with van der Waals surface area (Å²) >= 11 is 0. The van der Waals surface area contributed by atoms with Gasteiger partial charge in [0.05, 0.1) is 0 Å². The van der Waals surface area contributed by atoms with E-state index in [2.05, 4.69) is 0 Å². The summed E-state index contributed by atoms with van der Waals surface area (Å²) in [7, 11) is -1.64. The van der Waals surface area contributed by atoms with Gasteiger partial charge >= 0.3 is 18.0 Å². The Hall–Kier alpha value is -3.08. The lowest BCUT2D eigenvalue weighted by Gasteiger charge is -2.34. The standard InChI is InChI=1S/C34H37F7O3S/c35-32(36,33(37,38)34(39,40)41)19-3-20-45(44)21-18-24-8-6-23(7-9-24)4-1-2-5-31-29(25-10-13-27(42)14-11-25)16-12-26-22-28(43)15-17-30(26)31/h6-11,13-15,17,22,29,31,42-43H,1-5,12,16,18-21H2. The number of halogens is 7. The molecule has 1 aliphatic rings. The van der Waals surface area contributed by atoms with E-state index in [0.29, 0.717) is 12.3 Å². The van der Waals surface area contributed by atoms with Gasteiger partial charge < -0.3 is 10.2 Å². The zero-order valence-corrected chi connectivity index (χ0v) is 25.5. The summed E-state index contributed by atoms with van der Waals surface area (Å²) in [6, 6.07) is 20.7. The number of rotatable bonds is 14. The first-order valence-electron chi connectivity index (χ1n) is 15.0. The first-order valence-corrected chi connectivity index (χ1v) is 16.5. The lowest BCUT2D eigenvalue weighted by molar-refractivity contribution is -0.355. The van der Waals surface area contributed by atoms with Crippen LogP contribution in [0.15, 0.2) is 66.7 Å². The van der Waals surface area contributed by atoms with E-state index in [-0.39, 0.29) is 28.9 Å². The maximum atomic E-state index is 13.4. The summed E-state index contributed by atoms with van der Waals surface area (Å²) < 4.78 is 102. The largest absolute Gasteiger partial charge is 0.508 e. The Bertz CT molecular complexity index is 1420. The molecule has 0 saturated carbocycles. The van der Waals surface area contributed by atoms with Crippen molar-refractivity contribution in [3.05, 3.63) is 94.5 Å². The summed E-state index contributed by atoms with van der Waals surface area (Å²) in [4.78, 5) is 0. The lowest BCUT2D eigenvalue weighted by Crippen LogP contribution is -2.51. The Morgan fingerprint density at radius 2 is 1.36 bits per heavy atom. The third-order valence-corrected chi connectivity index (χ3v) is 10.0. The van der Waals surface area contributed by atoms with E-state index >= 15 is 0 Å². The van der Waals surface area contributed by atoms with Crippen molar-refractivity contribution in [3.8, 4) is 11.5 Å². The Kier molecular flexibility index (Phi) is 11.3. The van der Waals surface area contributed by atoms with Crippen LogP contribution in [0.25, 0.3) is 0 Å². The van der Waals surface area contributed by atoms with Gasteiger partial charge in [-0.25, -0.2) is 0 Å². The van der Waals surface area contributed by atoms with Gasteiger partial charge in [0.1, 0.15) is 11.5 Å². The van der Waals surface area contributed by atoms with E-state index in [1.165, 1.54) is 16.7 Å². The number of fused-ring (bicyclic) bond motifs is 1. The van der Waals surface area contributed by atoms with Gasteiger partial charge in [0.15, 0.2) is 0 Å². The van der Waals surface area contributed by atoms with Gasteiger partial charge in [-0.1, -0.05) is 48.9 Å². The maximum absolute atomic E-state index is 13.4. The second-order valence-corrected chi connectivity index (χ2v) is 13.5. The van der Waals surface area contributed by atoms with Crippen molar-refractivity contribution >= 4 is 10.8 Å². The Balaban J connectivity index is 1.23. The zero-order valence-electron chi connectivity index (χ0n) is 24.6. The summed E-state index contributed by atoms with van der Waals surface area (Å²) in [6.07, 6.45) is -2.83. The van der Waals surface area contributed by atoms with E-state index in [9.17, 15) is 45.2 Å². The van der Waals surface area contributed by atoms with Crippen LogP contribution in [0.3, 0.4) is 0 Å². The third-order valence-electron chi connectivity index (χ3n) is 8.61. The molecule has 0 amide bonds.